The van der Waals surface area contributed by atoms with E-state index in [1.807, 2.05) is 0 Å². The maximum Gasteiger partial charge on any atom is 0.347 e. The first-order valence-electron chi connectivity index (χ1n) is 5.55. The number of carbonyl (C=O) groups is 1. The van der Waals surface area contributed by atoms with Crippen LogP contribution in [0.5, 0.6) is 0 Å². The average molecular weight is 258 g/mol. The summed E-state index contributed by atoms with van der Waals surface area (Å²) in [5.74, 6) is -0.930. The van der Waals surface area contributed by atoms with Gasteiger partial charge >= 0.3 is 5.97 Å². The van der Waals surface area contributed by atoms with Gasteiger partial charge in [0.1, 0.15) is 9.88 Å². The zero-order valence-corrected chi connectivity index (χ0v) is 11.2. The van der Waals surface area contributed by atoms with Crippen molar-refractivity contribution in [2.24, 2.45) is 0 Å². The third-order valence-electron chi connectivity index (χ3n) is 2.47. The molecule has 0 fully saturated rings. The van der Waals surface area contributed by atoms with Gasteiger partial charge in [-0.3, -0.25) is 4.90 Å². The largest absolute Gasteiger partial charge is 0.477 e. The normalized spacial score (nSPS) is 11.1. The number of carboxylic acids is 1. The van der Waals surface area contributed by atoms with Crippen molar-refractivity contribution in [3.05, 3.63) is 15.6 Å². The van der Waals surface area contributed by atoms with E-state index < -0.39 is 5.97 Å². The fraction of sp³-hybridized carbons (Fsp3) is 0.636. The van der Waals surface area contributed by atoms with E-state index in [1.54, 1.807) is 0 Å². The monoisotopic (exact) mass is 258 g/mol. The minimum Gasteiger partial charge on any atom is -0.477 e. The van der Waals surface area contributed by atoms with Crippen LogP contribution in [0.25, 0.3) is 0 Å². The first kappa shape index (κ1) is 14.1. The Morgan fingerprint density at radius 1 is 1.47 bits per heavy atom. The van der Waals surface area contributed by atoms with Crippen molar-refractivity contribution in [1.82, 2.24) is 9.88 Å². The molecule has 1 heterocycles. The molecule has 0 spiro atoms. The summed E-state index contributed by atoms with van der Waals surface area (Å²) in [4.78, 5) is 17.8. The van der Waals surface area contributed by atoms with Crippen LogP contribution in [0, 0.1) is 0 Å². The predicted molar refractivity (Wildman–Crippen MR) is 66.4 cm³/mol. The van der Waals surface area contributed by atoms with Crippen LogP contribution in [0.3, 0.4) is 0 Å². The smallest absolute Gasteiger partial charge is 0.347 e. The Kier molecular flexibility index (Phi) is 5.54. The quantitative estimate of drug-likeness (QED) is 0.808. The van der Waals surface area contributed by atoms with Crippen molar-refractivity contribution in [2.75, 3.05) is 20.2 Å². The number of thiazole rings is 1. The Labute approximate surface area is 105 Å². The minimum atomic E-state index is -0.930. The molecule has 0 atom stereocenters. The van der Waals surface area contributed by atoms with Crippen molar-refractivity contribution in [3.63, 3.8) is 0 Å². The standard InChI is InChI=1S/C11H18N2O3S/c1-4-13(5-2)6-9-12-8(7-16-3)10(17-9)11(14)15/h4-7H2,1-3H3,(H,14,15). The van der Waals surface area contributed by atoms with Gasteiger partial charge < -0.3 is 9.84 Å². The Morgan fingerprint density at radius 3 is 2.59 bits per heavy atom. The molecule has 1 N–H and O–H groups in total. The van der Waals surface area contributed by atoms with Crippen molar-refractivity contribution in [3.8, 4) is 0 Å². The summed E-state index contributed by atoms with van der Waals surface area (Å²) in [5, 5.41) is 9.89. The highest BCUT2D eigenvalue weighted by Gasteiger charge is 2.17. The lowest BCUT2D eigenvalue weighted by atomic mass is 10.4. The SMILES string of the molecule is CCN(CC)Cc1nc(COC)c(C(=O)O)s1. The Balaban J connectivity index is 2.87. The van der Waals surface area contributed by atoms with Gasteiger partial charge in [0.15, 0.2) is 0 Å². The molecule has 0 unspecified atom stereocenters. The fourth-order valence-corrected chi connectivity index (χ4v) is 2.46. The van der Waals surface area contributed by atoms with Gasteiger partial charge in [0.25, 0.3) is 0 Å². The van der Waals surface area contributed by atoms with Crippen LogP contribution in [0.2, 0.25) is 0 Å². The van der Waals surface area contributed by atoms with Crippen LogP contribution in [0.1, 0.15) is 34.2 Å². The van der Waals surface area contributed by atoms with E-state index in [4.69, 9.17) is 9.84 Å². The highest BCUT2D eigenvalue weighted by molar-refractivity contribution is 7.13. The Hall–Kier alpha value is -0.980. The van der Waals surface area contributed by atoms with E-state index in [1.165, 1.54) is 18.4 Å². The van der Waals surface area contributed by atoms with Gasteiger partial charge in [0.05, 0.1) is 18.8 Å². The maximum absolute atomic E-state index is 11.0. The molecule has 17 heavy (non-hydrogen) atoms. The molecule has 96 valence electrons. The predicted octanol–water partition coefficient (Wildman–Crippen LogP) is 1.83. The van der Waals surface area contributed by atoms with Gasteiger partial charge in [-0.05, 0) is 13.1 Å². The number of rotatable bonds is 7. The summed E-state index contributed by atoms with van der Waals surface area (Å²) >= 11 is 1.23. The summed E-state index contributed by atoms with van der Waals surface area (Å²) in [6.07, 6.45) is 0. The molecule has 5 nitrogen and oxygen atoms in total. The van der Waals surface area contributed by atoms with Gasteiger partial charge in [-0.25, -0.2) is 9.78 Å². The second kappa shape index (κ2) is 6.68. The highest BCUT2D eigenvalue weighted by Crippen LogP contribution is 2.20. The second-order valence-corrected chi connectivity index (χ2v) is 4.67. The van der Waals surface area contributed by atoms with Crippen LogP contribution in [-0.2, 0) is 17.9 Å². The molecule has 1 rings (SSSR count). The lowest BCUT2D eigenvalue weighted by molar-refractivity contribution is 0.0697. The molecule has 0 bridgehead atoms. The number of carboxylic acid groups (broad SMARTS) is 1. The Bertz CT molecular complexity index is 375. The van der Waals surface area contributed by atoms with E-state index in [-0.39, 0.29) is 11.5 Å². The van der Waals surface area contributed by atoms with Gasteiger partial charge in [-0.1, -0.05) is 13.8 Å². The van der Waals surface area contributed by atoms with Crippen molar-refractivity contribution >= 4 is 17.3 Å². The van der Waals surface area contributed by atoms with Crippen LogP contribution in [0.15, 0.2) is 0 Å². The second-order valence-electron chi connectivity index (χ2n) is 3.58. The molecule has 0 aliphatic rings. The summed E-state index contributed by atoms with van der Waals surface area (Å²) < 4.78 is 4.96. The molecule has 0 amide bonds. The molecule has 0 saturated heterocycles. The minimum absolute atomic E-state index is 0.246. The number of hydrogen-bond donors (Lipinski definition) is 1. The summed E-state index contributed by atoms with van der Waals surface area (Å²) in [6, 6.07) is 0. The van der Waals surface area contributed by atoms with E-state index in [9.17, 15) is 4.79 Å². The third kappa shape index (κ3) is 3.76. The zero-order chi connectivity index (χ0) is 12.8. The summed E-state index contributed by atoms with van der Waals surface area (Å²) in [5.41, 5.74) is 0.521. The number of hydrogen-bond acceptors (Lipinski definition) is 5. The molecule has 1 aromatic heterocycles. The molecule has 0 aliphatic heterocycles. The van der Waals surface area contributed by atoms with Crippen molar-refractivity contribution in [1.29, 1.82) is 0 Å². The number of nitrogens with zero attached hydrogens (tertiary/aromatic N) is 2. The van der Waals surface area contributed by atoms with Crippen molar-refractivity contribution in [2.45, 2.75) is 27.0 Å². The van der Waals surface area contributed by atoms with Crippen LogP contribution < -0.4 is 0 Å². The van der Waals surface area contributed by atoms with Crippen LogP contribution in [0.4, 0.5) is 0 Å². The average Bonchev–Trinajstić information content (AvgIpc) is 2.69. The van der Waals surface area contributed by atoms with E-state index in [0.717, 1.165) is 18.1 Å². The van der Waals surface area contributed by atoms with Gasteiger partial charge in [-0.2, -0.15) is 0 Å². The molecule has 6 heteroatoms. The lowest BCUT2D eigenvalue weighted by Gasteiger charge is -2.15. The van der Waals surface area contributed by atoms with E-state index in [0.29, 0.717) is 12.2 Å². The van der Waals surface area contributed by atoms with Gasteiger partial charge in [0.2, 0.25) is 0 Å². The van der Waals surface area contributed by atoms with E-state index >= 15 is 0 Å². The first-order chi connectivity index (χ1) is 8.12. The fourth-order valence-electron chi connectivity index (χ4n) is 1.51. The zero-order valence-electron chi connectivity index (χ0n) is 10.4. The molecule has 0 saturated carbocycles. The topological polar surface area (TPSA) is 62.7 Å². The third-order valence-corrected chi connectivity index (χ3v) is 3.54. The summed E-state index contributed by atoms with van der Waals surface area (Å²) in [6.45, 7) is 6.95. The van der Waals surface area contributed by atoms with Crippen LogP contribution in [-0.4, -0.2) is 41.2 Å². The summed E-state index contributed by atoms with van der Waals surface area (Å²) in [7, 11) is 1.54. The molecular formula is C11H18N2O3S. The van der Waals surface area contributed by atoms with Gasteiger partial charge in [-0.15, -0.1) is 11.3 Å². The van der Waals surface area contributed by atoms with E-state index in [2.05, 4.69) is 23.7 Å². The molecule has 0 aromatic carbocycles. The lowest BCUT2D eigenvalue weighted by Crippen LogP contribution is -2.21. The first-order valence-corrected chi connectivity index (χ1v) is 6.37. The van der Waals surface area contributed by atoms with Crippen LogP contribution >= 0.6 is 11.3 Å². The number of ether oxygens (including phenoxy) is 1. The van der Waals surface area contributed by atoms with Crippen molar-refractivity contribution < 1.29 is 14.6 Å². The molecule has 0 radical (unpaired) electrons. The molecule has 0 aliphatic carbocycles. The number of methoxy groups -OCH3 is 1. The molecular weight excluding hydrogens is 240 g/mol. The maximum atomic E-state index is 11.0. The number of aromatic nitrogens is 1. The number of aromatic carboxylic acids is 1. The Morgan fingerprint density at radius 2 is 2.12 bits per heavy atom. The highest BCUT2D eigenvalue weighted by atomic mass is 32.1. The molecule has 1 aromatic rings. The van der Waals surface area contributed by atoms with Gasteiger partial charge in [0, 0.05) is 7.11 Å².